The van der Waals surface area contributed by atoms with Gasteiger partial charge in [-0.15, -0.1) is 0 Å². The van der Waals surface area contributed by atoms with Gasteiger partial charge in [-0.2, -0.15) is 5.10 Å². The van der Waals surface area contributed by atoms with Gasteiger partial charge in [0.15, 0.2) is 0 Å². The van der Waals surface area contributed by atoms with Crippen LogP contribution in [0.3, 0.4) is 0 Å². The Morgan fingerprint density at radius 3 is 2.79 bits per heavy atom. The average molecular weight is 194 g/mol. The third kappa shape index (κ3) is 1.54. The molecule has 1 fully saturated rings. The van der Waals surface area contributed by atoms with Gasteiger partial charge in [-0.05, 0) is 32.2 Å². The van der Waals surface area contributed by atoms with Gasteiger partial charge in [0, 0.05) is 19.5 Å². The highest BCUT2D eigenvalue weighted by Gasteiger charge is 2.47. The maximum atomic E-state index is 4.28. The number of hydrogen-bond acceptors (Lipinski definition) is 3. The van der Waals surface area contributed by atoms with E-state index in [4.69, 9.17) is 0 Å². The van der Waals surface area contributed by atoms with E-state index in [0.717, 1.165) is 12.2 Å². The van der Waals surface area contributed by atoms with Crippen molar-refractivity contribution in [2.75, 3.05) is 7.05 Å². The molecule has 0 aliphatic heterocycles. The summed E-state index contributed by atoms with van der Waals surface area (Å²) in [6.45, 7) is 2.25. The Hall–Kier alpha value is -0.900. The van der Waals surface area contributed by atoms with Crippen molar-refractivity contribution < 1.29 is 0 Å². The molecule has 14 heavy (non-hydrogen) atoms. The van der Waals surface area contributed by atoms with Gasteiger partial charge < -0.3 is 5.32 Å². The monoisotopic (exact) mass is 194 g/mol. The van der Waals surface area contributed by atoms with Gasteiger partial charge in [0.05, 0.1) is 0 Å². The number of aromatic nitrogens is 3. The van der Waals surface area contributed by atoms with E-state index >= 15 is 0 Å². The molecular formula is C10H18N4. The van der Waals surface area contributed by atoms with Crippen LogP contribution in [0.1, 0.15) is 25.6 Å². The molecule has 1 N–H and O–H groups in total. The summed E-state index contributed by atoms with van der Waals surface area (Å²) in [7, 11) is 3.99. The van der Waals surface area contributed by atoms with Crippen molar-refractivity contribution >= 4 is 0 Å². The van der Waals surface area contributed by atoms with Crippen LogP contribution in [-0.2, 0) is 13.5 Å². The molecule has 1 heterocycles. The van der Waals surface area contributed by atoms with Crippen LogP contribution in [0.25, 0.3) is 0 Å². The summed E-state index contributed by atoms with van der Waals surface area (Å²) in [6.07, 6.45) is 5.30. The third-order valence-corrected chi connectivity index (χ3v) is 3.56. The molecular weight excluding hydrogens is 176 g/mol. The Kier molecular flexibility index (Phi) is 2.31. The number of nitrogens with one attached hydrogen (secondary N) is 1. The van der Waals surface area contributed by atoms with E-state index in [-0.39, 0.29) is 0 Å². The molecule has 4 heteroatoms. The van der Waals surface area contributed by atoms with Gasteiger partial charge in [-0.25, -0.2) is 4.98 Å². The molecule has 0 bridgehead atoms. The standard InChI is InChI=1S/C10H18N4/c1-8(11-2)10(4-5-10)6-9-12-7-13-14(9)3/h7-8,11H,4-6H2,1-3H3. The molecule has 0 saturated heterocycles. The van der Waals surface area contributed by atoms with E-state index in [1.165, 1.54) is 12.8 Å². The summed E-state index contributed by atoms with van der Waals surface area (Å²) in [5.41, 5.74) is 0.440. The van der Waals surface area contributed by atoms with Gasteiger partial charge in [-0.1, -0.05) is 0 Å². The Morgan fingerprint density at radius 2 is 2.36 bits per heavy atom. The summed E-state index contributed by atoms with van der Waals surface area (Å²) < 4.78 is 1.88. The van der Waals surface area contributed by atoms with Crippen molar-refractivity contribution in [2.24, 2.45) is 12.5 Å². The molecule has 0 radical (unpaired) electrons. The van der Waals surface area contributed by atoms with Crippen molar-refractivity contribution in [2.45, 2.75) is 32.2 Å². The van der Waals surface area contributed by atoms with Crippen LogP contribution in [0.5, 0.6) is 0 Å². The largest absolute Gasteiger partial charge is 0.317 e. The first kappa shape index (κ1) is 9.65. The topological polar surface area (TPSA) is 42.7 Å². The van der Waals surface area contributed by atoms with E-state index in [9.17, 15) is 0 Å². The van der Waals surface area contributed by atoms with Crippen molar-refractivity contribution in [1.29, 1.82) is 0 Å². The molecule has 1 aromatic heterocycles. The van der Waals surface area contributed by atoms with E-state index in [0.29, 0.717) is 11.5 Å². The van der Waals surface area contributed by atoms with E-state index in [1.807, 2.05) is 18.8 Å². The summed E-state index contributed by atoms with van der Waals surface area (Å²) in [5.74, 6) is 1.10. The van der Waals surface area contributed by atoms with Crippen LogP contribution >= 0.6 is 0 Å². The quantitative estimate of drug-likeness (QED) is 0.769. The van der Waals surface area contributed by atoms with Gasteiger partial charge in [0.1, 0.15) is 12.2 Å². The predicted octanol–water partition coefficient (Wildman–Crippen LogP) is 0.746. The molecule has 0 aromatic carbocycles. The summed E-state index contributed by atoms with van der Waals surface area (Å²) in [6, 6.07) is 0.569. The molecule has 0 amide bonds. The van der Waals surface area contributed by atoms with Gasteiger partial charge in [-0.3, -0.25) is 4.68 Å². The summed E-state index contributed by atoms with van der Waals surface area (Å²) in [5, 5.41) is 7.44. The lowest BCUT2D eigenvalue weighted by Crippen LogP contribution is -2.34. The lowest BCUT2D eigenvalue weighted by atomic mass is 9.93. The third-order valence-electron chi connectivity index (χ3n) is 3.56. The normalized spacial score (nSPS) is 20.8. The van der Waals surface area contributed by atoms with Crippen molar-refractivity contribution in [1.82, 2.24) is 20.1 Å². The number of aryl methyl sites for hydroxylation is 1. The zero-order chi connectivity index (χ0) is 10.2. The van der Waals surface area contributed by atoms with E-state index in [1.54, 1.807) is 6.33 Å². The van der Waals surface area contributed by atoms with Crippen molar-refractivity contribution in [3.63, 3.8) is 0 Å². The molecule has 1 saturated carbocycles. The second-order valence-corrected chi connectivity index (χ2v) is 4.35. The second kappa shape index (κ2) is 3.35. The van der Waals surface area contributed by atoms with Crippen molar-refractivity contribution in [3.8, 4) is 0 Å². The number of rotatable bonds is 4. The molecule has 0 spiro atoms. The predicted molar refractivity (Wildman–Crippen MR) is 54.9 cm³/mol. The first-order chi connectivity index (χ1) is 6.68. The zero-order valence-electron chi connectivity index (χ0n) is 9.12. The SMILES string of the molecule is CNC(C)C1(Cc2ncnn2C)CC1. The molecule has 4 nitrogen and oxygen atoms in total. The van der Waals surface area contributed by atoms with Crippen LogP contribution in [0.15, 0.2) is 6.33 Å². The summed E-state index contributed by atoms with van der Waals surface area (Å²) >= 11 is 0. The second-order valence-electron chi connectivity index (χ2n) is 4.35. The van der Waals surface area contributed by atoms with Crippen LogP contribution in [0.2, 0.25) is 0 Å². The lowest BCUT2D eigenvalue weighted by molar-refractivity contribution is 0.358. The molecule has 1 aliphatic rings. The first-order valence-electron chi connectivity index (χ1n) is 5.18. The average Bonchev–Trinajstić information content (AvgIpc) is 2.86. The fourth-order valence-corrected chi connectivity index (χ4v) is 2.02. The fourth-order valence-electron chi connectivity index (χ4n) is 2.02. The van der Waals surface area contributed by atoms with Crippen LogP contribution < -0.4 is 5.32 Å². The Balaban J connectivity index is 2.08. The minimum atomic E-state index is 0.440. The molecule has 1 aromatic rings. The molecule has 1 atom stereocenters. The number of hydrogen-bond donors (Lipinski definition) is 1. The van der Waals surface area contributed by atoms with E-state index < -0.39 is 0 Å². The minimum absolute atomic E-state index is 0.440. The summed E-state index contributed by atoms with van der Waals surface area (Å²) in [4.78, 5) is 4.28. The van der Waals surface area contributed by atoms with Crippen LogP contribution in [-0.4, -0.2) is 27.9 Å². The highest BCUT2D eigenvalue weighted by Crippen LogP contribution is 2.50. The highest BCUT2D eigenvalue weighted by molar-refractivity contribution is 5.06. The maximum Gasteiger partial charge on any atom is 0.138 e. The van der Waals surface area contributed by atoms with E-state index in [2.05, 4.69) is 22.3 Å². The van der Waals surface area contributed by atoms with Crippen molar-refractivity contribution in [3.05, 3.63) is 12.2 Å². The van der Waals surface area contributed by atoms with Gasteiger partial charge >= 0.3 is 0 Å². The highest BCUT2D eigenvalue weighted by atomic mass is 15.3. The fraction of sp³-hybridized carbons (Fsp3) is 0.800. The van der Waals surface area contributed by atoms with Crippen LogP contribution in [0.4, 0.5) is 0 Å². The maximum absolute atomic E-state index is 4.28. The molecule has 1 unspecified atom stereocenters. The molecule has 1 aliphatic carbocycles. The Labute approximate surface area is 84.7 Å². The lowest BCUT2D eigenvalue weighted by Gasteiger charge is -2.22. The van der Waals surface area contributed by atoms with Gasteiger partial charge in [0.2, 0.25) is 0 Å². The Bertz CT molecular complexity index is 314. The minimum Gasteiger partial charge on any atom is -0.317 e. The first-order valence-corrected chi connectivity index (χ1v) is 5.18. The van der Waals surface area contributed by atoms with Gasteiger partial charge in [0.25, 0.3) is 0 Å². The molecule has 2 rings (SSSR count). The zero-order valence-corrected chi connectivity index (χ0v) is 9.12. The smallest absolute Gasteiger partial charge is 0.138 e. The number of nitrogens with zero attached hydrogens (tertiary/aromatic N) is 3. The van der Waals surface area contributed by atoms with Crippen LogP contribution in [0, 0.1) is 5.41 Å². The molecule has 78 valence electrons. The Morgan fingerprint density at radius 1 is 1.64 bits per heavy atom.